The second-order valence-electron chi connectivity index (χ2n) is 8.05. The molecular formula is C21H24N4O2. The first-order valence-corrected chi connectivity index (χ1v) is 9.14. The van der Waals surface area contributed by atoms with E-state index >= 15 is 0 Å². The summed E-state index contributed by atoms with van der Waals surface area (Å²) in [4.78, 5) is 27.3. The minimum atomic E-state index is -0.470. The zero-order chi connectivity index (χ0) is 19.2. The Bertz CT molecular complexity index is 997. The SMILES string of the molecule is COC1CN(c2cccc(-c3cnc4[nH]cc(C(=O)C(C)(C)C)c4n3)c2)C1. The van der Waals surface area contributed by atoms with Gasteiger partial charge in [-0.05, 0) is 12.1 Å². The summed E-state index contributed by atoms with van der Waals surface area (Å²) in [6.45, 7) is 7.53. The topological polar surface area (TPSA) is 71.1 Å². The van der Waals surface area contributed by atoms with Gasteiger partial charge in [0.2, 0.25) is 0 Å². The first-order valence-electron chi connectivity index (χ1n) is 9.14. The zero-order valence-electron chi connectivity index (χ0n) is 16.1. The fourth-order valence-electron chi connectivity index (χ4n) is 3.27. The number of methoxy groups -OCH3 is 1. The fraction of sp³-hybridized carbons (Fsp3) is 0.381. The van der Waals surface area contributed by atoms with E-state index in [1.54, 1.807) is 19.5 Å². The quantitative estimate of drug-likeness (QED) is 0.715. The van der Waals surface area contributed by atoms with Crippen LogP contribution in [0, 0.1) is 5.41 Å². The lowest BCUT2D eigenvalue weighted by Gasteiger charge is -2.40. The fourth-order valence-corrected chi connectivity index (χ4v) is 3.27. The highest BCUT2D eigenvalue weighted by Crippen LogP contribution is 2.29. The smallest absolute Gasteiger partial charge is 0.171 e. The van der Waals surface area contributed by atoms with Gasteiger partial charge in [0.05, 0.1) is 23.6 Å². The molecule has 0 aliphatic carbocycles. The molecule has 0 atom stereocenters. The van der Waals surface area contributed by atoms with E-state index in [2.05, 4.69) is 27.0 Å². The molecule has 3 heterocycles. The molecule has 6 nitrogen and oxygen atoms in total. The molecule has 1 aliphatic rings. The molecule has 0 amide bonds. The number of aromatic amines is 1. The predicted octanol–water partition coefficient (Wildman–Crippen LogP) is 3.69. The molecule has 1 N–H and O–H groups in total. The Morgan fingerprint density at radius 2 is 2.07 bits per heavy atom. The van der Waals surface area contributed by atoms with Gasteiger partial charge in [-0.15, -0.1) is 0 Å². The first-order chi connectivity index (χ1) is 12.9. The van der Waals surface area contributed by atoms with Gasteiger partial charge >= 0.3 is 0 Å². The normalized spacial score (nSPS) is 15.2. The standard InChI is InChI=1S/C21H24N4O2/c1-21(2,3)19(26)16-9-22-20-18(16)24-17(10-23-20)13-6-5-7-14(8-13)25-11-15(12-25)27-4/h5-10,15H,11-12H2,1-4H3,(H,22,23). The summed E-state index contributed by atoms with van der Waals surface area (Å²) in [5.41, 5.74) is 4.27. The van der Waals surface area contributed by atoms with Gasteiger partial charge in [-0.1, -0.05) is 32.9 Å². The molecule has 0 saturated carbocycles. The number of H-pyrrole nitrogens is 1. The van der Waals surface area contributed by atoms with Crippen LogP contribution in [0.4, 0.5) is 5.69 Å². The van der Waals surface area contributed by atoms with Gasteiger partial charge in [-0.3, -0.25) is 4.79 Å². The highest BCUT2D eigenvalue weighted by atomic mass is 16.5. The van der Waals surface area contributed by atoms with Crippen LogP contribution in [0.5, 0.6) is 0 Å². The minimum Gasteiger partial charge on any atom is -0.378 e. The summed E-state index contributed by atoms with van der Waals surface area (Å²) in [6, 6.07) is 8.24. The molecule has 3 aromatic rings. The van der Waals surface area contributed by atoms with E-state index in [1.807, 2.05) is 32.9 Å². The molecule has 1 aliphatic heterocycles. The van der Waals surface area contributed by atoms with Crippen molar-refractivity contribution < 1.29 is 9.53 Å². The number of nitrogens with zero attached hydrogens (tertiary/aromatic N) is 3. The van der Waals surface area contributed by atoms with Gasteiger partial charge in [0, 0.05) is 43.1 Å². The highest BCUT2D eigenvalue weighted by Gasteiger charge is 2.28. The molecule has 4 rings (SSSR count). The Morgan fingerprint density at radius 3 is 2.78 bits per heavy atom. The van der Waals surface area contributed by atoms with Crippen LogP contribution in [0.3, 0.4) is 0 Å². The maximum Gasteiger partial charge on any atom is 0.171 e. The zero-order valence-corrected chi connectivity index (χ0v) is 16.1. The van der Waals surface area contributed by atoms with Crippen molar-refractivity contribution in [2.75, 3.05) is 25.1 Å². The third-order valence-corrected chi connectivity index (χ3v) is 5.00. The number of rotatable bonds is 4. The van der Waals surface area contributed by atoms with E-state index in [-0.39, 0.29) is 5.78 Å². The van der Waals surface area contributed by atoms with Crippen LogP contribution in [0.25, 0.3) is 22.4 Å². The van der Waals surface area contributed by atoms with Crippen molar-refractivity contribution in [1.29, 1.82) is 0 Å². The van der Waals surface area contributed by atoms with Crippen LogP contribution in [-0.2, 0) is 4.74 Å². The second kappa shape index (κ2) is 6.46. The molecule has 1 aromatic carbocycles. The molecular weight excluding hydrogens is 340 g/mol. The number of aromatic nitrogens is 3. The Morgan fingerprint density at radius 1 is 1.30 bits per heavy atom. The van der Waals surface area contributed by atoms with Crippen molar-refractivity contribution in [1.82, 2.24) is 15.0 Å². The van der Waals surface area contributed by atoms with Crippen molar-refractivity contribution in [3.8, 4) is 11.3 Å². The lowest BCUT2D eigenvalue weighted by molar-refractivity contribution is 0.0787. The number of carbonyl (C=O) groups excluding carboxylic acids is 1. The maximum atomic E-state index is 12.7. The lowest BCUT2D eigenvalue weighted by atomic mass is 9.87. The number of hydrogen-bond donors (Lipinski definition) is 1. The van der Waals surface area contributed by atoms with E-state index in [0.29, 0.717) is 22.8 Å². The van der Waals surface area contributed by atoms with E-state index in [4.69, 9.17) is 9.72 Å². The van der Waals surface area contributed by atoms with Crippen LogP contribution in [0.1, 0.15) is 31.1 Å². The third kappa shape index (κ3) is 3.21. The van der Waals surface area contributed by atoms with E-state index in [1.165, 1.54) is 0 Å². The number of ether oxygens (including phenoxy) is 1. The van der Waals surface area contributed by atoms with E-state index in [0.717, 1.165) is 30.0 Å². The molecule has 140 valence electrons. The summed E-state index contributed by atoms with van der Waals surface area (Å²) in [5.74, 6) is 0.0557. The molecule has 1 fully saturated rings. The maximum absolute atomic E-state index is 12.7. The molecule has 2 aromatic heterocycles. The highest BCUT2D eigenvalue weighted by molar-refractivity contribution is 6.08. The summed E-state index contributed by atoms with van der Waals surface area (Å²) in [7, 11) is 1.75. The Hall–Kier alpha value is -2.73. The number of hydrogen-bond acceptors (Lipinski definition) is 5. The molecule has 0 spiro atoms. The molecule has 1 saturated heterocycles. The largest absolute Gasteiger partial charge is 0.378 e. The van der Waals surface area contributed by atoms with Crippen molar-refractivity contribution in [2.45, 2.75) is 26.9 Å². The van der Waals surface area contributed by atoms with E-state index in [9.17, 15) is 4.79 Å². The summed E-state index contributed by atoms with van der Waals surface area (Å²) in [6.07, 6.45) is 3.76. The molecule has 27 heavy (non-hydrogen) atoms. The van der Waals surface area contributed by atoms with Crippen molar-refractivity contribution in [2.24, 2.45) is 5.41 Å². The second-order valence-corrected chi connectivity index (χ2v) is 8.05. The van der Waals surface area contributed by atoms with Crippen molar-refractivity contribution in [3.63, 3.8) is 0 Å². The number of fused-ring (bicyclic) bond motifs is 1. The monoisotopic (exact) mass is 364 g/mol. The van der Waals surface area contributed by atoms with Crippen LogP contribution in [-0.4, -0.2) is 47.0 Å². The number of carbonyl (C=O) groups is 1. The van der Waals surface area contributed by atoms with Crippen molar-refractivity contribution in [3.05, 3.63) is 42.2 Å². The van der Waals surface area contributed by atoms with Gasteiger partial charge in [-0.25, -0.2) is 9.97 Å². The molecule has 6 heteroatoms. The third-order valence-electron chi connectivity index (χ3n) is 5.00. The number of anilines is 1. The summed E-state index contributed by atoms with van der Waals surface area (Å²) in [5, 5.41) is 0. The molecule has 0 unspecified atom stereocenters. The first kappa shape index (κ1) is 17.7. The van der Waals surface area contributed by atoms with Gasteiger partial charge < -0.3 is 14.6 Å². The Balaban J connectivity index is 1.69. The van der Waals surface area contributed by atoms with E-state index < -0.39 is 5.41 Å². The minimum absolute atomic E-state index is 0.0557. The van der Waals surface area contributed by atoms with Gasteiger partial charge in [0.15, 0.2) is 11.4 Å². The van der Waals surface area contributed by atoms with Crippen LogP contribution in [0.2, 0.25) is 0 Å². The van der Waals surface area contributed by atoms with Crippen LogP contribution in [0.15, 0.2) is 36.7 Å². The average Bonchev–Trinajstić information content (AvgIpc) is 3.02. The number of Topliss-reactive ketones (excluding diaryl/α,β-unsaturated/α-hetero) is 1. The summed E-state index contributed by atoms with van der Waals surface area (Å²) >= 11 is 0. The lowest BCUT2D eigenvalue weighted by Crippen LogP contribution is -2.51. The molecule has 0 radical (unpaired) electrons. The number of benzene rings is 1. The molecule has 0 bridgehead atoms. The van der Waals surface area contributed by atoms with Crippen LogP contribution >= 0.6 is 0 Å². The Labute approximate surface area is 158 Å². The van der Waals surface area contributed by atoms with Gasteiger partial charge in [-0.2, -0.15) is 0 Å². The van der Waals surface area contributed by atoms with Crippen LogP contribution < -0.4 is 4.90 Å². The van der Waals surface area contributed by atoms with Gasteiger partial charge in [0.25, 0.3) is 0 Å². The Kier molecular flexibility index (Phi) is 4.23. The number of nitrogens with one attached hydrogen (secondary N) is 1. The predicted molar refractivity (Wildman–Crippen MR) is 106 cm³/mol. The summed E-state index contributed by atoms with van der Waals surface area (Å²) < 4.78 is 5.36. The number of ketones is 1. The van der Waals surface area contributed by atoms with Crippen molar-refractivity contribution >= 4 is 22.6 Å². The van der Waals surface area contributed by atoms with Gasteiger partial charge in [0.1, 0.15) is 5.52 Å². The average molecular weight is 364 g/mol.